The van der Waals surface area contributed by atoms with E-state index in [1.165, 1.54) is 10.8 Å². The highest BCUT2D eigenvalue weighted by molar-refractivity contribution is 5.86. The number of aromatic nitrogens is 2. The van der Waals surface area contributed by atoms with E-state index in [4.69, 9.17) is 5.73 Å². The van der Waals surface area contributed by atoms with Crippen molar-refractivity contribution < 1.29 is 0 Å². The Hall–Kier alpha value is -1.48. The predicted octanol–water partition coefficient (Wildman–Crippen LogP) is 1.83. The lowest BCUT2D eigenvalue weighted by atomic mass is 10.1. The van der Waals surface area contributed by atoms with E-state index in [0.717, 1.165) is 17.8 Å². The van der Waals surface area contributed by atoms with Gasteiger partial charge in [-0.15, -0.1) is 0 Å². The van der Waals surface area contributed by atoms with Crippen molar-refractivity contribution in [2.45, 2.75) is 26.3 Å². The first-order valence-electron chi connectivity index (χ1n) is 5.15. The molecule has 0 bridgehead atoms. The van der Waals surface area contributed by atoms with Crippen molar-refractivity contribution in [1.29, 1.82) is 0 Å². The van der Waals surface area contributed by atoms with Crippen molar-refractivity contribution in [1.82, 2.24) is 10.2 Å². The molecule has 15 heavy (non-hydrogen) atoms. The number of aryl methyl sites for hydroxylation is 1. The Morgan fingerprint density at radius 3 is 2.53 bits per heavy atom. The molecule has 3 nitrogen and oxygen atoms in total. The third-order valence-electron chi connectivity index (χ3n) is 2.46. The molecule has 0 fully saturated rings. The van der Waals surface area contributed by atoms with Crippen LogP contribution >= 0.6 is 0 Å². The minimum atomic E-state index is 0.116. The van der Waals surface area contributed by atoms with Gasteiger partial charge in [0, 0.05) is 23.2 Å². The molecule has 2 rings (SSSR count). The van der Waals surface area contributed by atoms with E-state index in [0.29, 0.717) is 0 Å². The lowest BCUT2D eigenvalue weighted by Crippen LogP contribution is -2.19. The van der Waals surface area contributed by atoms with Gasteiger partial charge in [0.2, 0.25) is 0 Å². The van der Waals surface area contributed by atoms with Gasteiger partial charge in [-0.3, -0.25) is 0 Å². The summed E-state index contributed by atoms with van der Waals surface area (Å²) in [5.74, 6) is 0. The van der Waals surface area contributed by atoms with Gasteiger partial charge in [-0.25, -0.2) is 0 Å². The highest BCUT2D eigenvalue weighted by Gasteiger charge is 2.07. The van der Waals surface area contributed by atoms with E-state index in [-0.39, 0.29) is 6.04 Å². The Kier molecular flexibility index (Phi) is 2.64. The number of rotatable bonds is 2. The molecule has 2 N–H and O–H groups in total. The first kappa shape index (κ1) is 10.1. The van der Waals surface area contributed by atoms with Crippen LogP contribution in [0.2, 0.25) is 0 Å². The van der Waals surface area contributed by atoms with Gasteiger partial charge in [0.05, 0.1) is 11.4 Å². The molecule has 0 aliphatic rings. The van der Waals surface area contributed by atoms with Gasteiger partial charge >= 0.3 is 0 Å². The molecular formula is C12H15N3. The summed E-state index contributed by atoms with van der Waals surface area (Å²) in [5.41, 5.74) is 7.75. The second kappa shape index (κ2) is 3.95. The first-order chi connectivity index (χ1) is 7.18. The van der Waals surface area contributed by atoms with Crippen molar-refractivity contribution in [2.24, 2.45) is 5.73 Å². The fourth-order valence-corrected chi connectivity index (χ4v) is 1.75. The number of benzene rings is 1. The van der Waals surface area contributed by atoms with Crippen LogP contribution in [0.3, 0.4) is 0 Å². The molecule has 78 valence electrons. The molecule has 0 aliphatic carbocycles. The number of hydrogen-bond acceptors (Lipinski definition) is 3. The SMILES string of the molecule is Cc1nnc(CC(C)N)c2ccccc12. The van der Waals surface area contributed by atoms with Crippen LogP contribution in [-0.2, 0) is 6.42 Å². The molecule has 0 aliphatic heterocycles. The number of nitrogens with zero attached hydrogens (tertiary/aromatic N) is 2. The van der Waals surface area contributed by atoms with Gasteiger partial charge in [0.15, 0.2) is 0 Å². The van der Waals surface area contributed by atoms with Crippen molar-refractivity contribution in [3.8, 4) is 0 Å². The minimum Gasteiger partial charge on any atom is -0.328 e. The van der Waals surface area contributed by atoms with Crippen LogP contribution < -0.4 is 5.73 Å². The fourth-order valence-electron chi connectivity index (χ4n) is 1.75. The van der Waals surface area contributed by atoms with E-state index in [1.54, 1.807) is 0 Å². The number of hydrogen-bond donors (Lipinski definition) is 1. The van der Waals surface area contributed by atoms with Crippen LogP contribution in [0.5, 0.6) is 0 Å². The zero-order chi connectivity index (χ0) is 10.8. The first-order valence-corrected chi connectivity index (χ1v) is 5.15. The fraction of sp³-hybridized carbons (Fsp3) is 0.333. The van der Waals surface area contributed by atoms with Crippen LogP contribution in [0.4, 0.5) is 0 Å². The Morgan fingerprint density at radius 2 is 1.87 bits per heavy atom. The van der Waals surface area contributed by atoms with Gasteiger partial charge in [-0.2, -0.15) is 10.2 Å². The molecule has 1 atom stereocenters. The molecule has 2 aromatic rings. The largest absolute Gasteiger partial charge is 0.328 e. The van der Waals surface area contributed by atoms with Crippen molar-refractivity contribution >= 4 is 10.8 Å². The van der Waals surface area contributed by atoms with Crippen molar-refractivity contribution in [3.05, 3.63) is 35.7 Å². The maximum absolute atomic E-state index is 5.79. The van der Waals surface area contributed by atoms with Gasteiger partial charge in [-0.05, 0) is 13.8 Å². The van der Waals surface area contributed by atoms with E-state index >= 15 is 0 Å². The molecule has 0 amide bonds. The third kappa shape index (κ3) is 1.97. The van der Waals surface area contributed by atoms with E-state index in [1.807, 2.05) is 26.0 Å². The lowest BCUT2D eigenvalue weighted by Gasteiger charge is -2.08. The maximum Gasteiger partial charge on any atom is 0.0724 e. The molecule has 3 heteroatoms. The van der Waals surface area contributed by atoms with E-state index < -0.39 is 0 Å². The Labute approximate surface area is 89.3 Å². The summed E-state index contributed by atoms with van der Waals surface area (Å²) in [7, 11) is 0. The van der Waals surface area contributed by atoms with Gasteiger partial charge in [0.25, 0.3) is 0 Å². The van der Waals surface area contributed by atoms with Gasteiger partial charge in [-0.1, -0.05) is 24.3 Å². The molecule has 0 saturated carbocycles. The zero-order valence-electron chi connectivity index (χ0n) is 9.07. The van der Waals surface area contributed by atoms with Crippen LogP contribution in [0.25, 0.3) is 10.8 Å². The molecule has 1 aromatic heterocycles. The summed E-state index contributed by atoms with van der Waals surface area (Å²) >= 11 is 0. The van der Waals surface area contributed by atoms with Crippen LogP contribution in [0, 0.1) is 6.92 Å². The third-order valence-corrected chi connectivity index (χ3v) is 2.46. The standard InChI is InChI=1S/C12H15N3/c1-8(13)7-12-11-6-4-3-5-10(11)9(2)14-15-12/h3-6,8H,7,13H2,1-2H3. The molecule has 1 aromatic carbocycles. The van der Waals surface area contributed by atoms with Crippen molar-refractivity contribution in [3.63, 3.8) is 0 Å². The summed E-state index contributed by atoms with van der Waals surface area (Å²) in [6.07, 6.45) is 0.772. The predicted molar refractivity (Wildman–Crippen MR) is 61.6 cm³/mol. The molecule has 0 radical (unpaired) electrons. The minimum absolute atomic E-state index is 0.116. The molecule has 1 unspecified atom stereocenters. The maximum atomic E-state index is 5.79. The Balaban J connectivity index is 2.61. The Bertz CT molecular complexity index is 477. The second-order valence-corrected chi connectivity index (χ2v) is 3.96. The molecule has 0 spiro atoms. The smallest absolute Gasteiger partial charge is 0.0724 e. The van der Waals surface area contributed by atoms with Crippen LogP contribution in [0.15, 0.2) is 24.3 Å². The number of nitrogens with two attached hydrogens (primary N) is 1. The van der Waals surface area contributed by atoms with Gasteiger partial charge < -0.3 is 5.73 Å². The highest BCUT2D eigenvalue weighted by atomic mass is 15.1. The summed E-state index contributed by atoms with van der Waals surface area (Å²) in [6, 6.07) is 8.31. The van der Waals surface area contributed by atoms with Crippen LogP contribution in [0.1, 0.15) is 18.3 Å². The quantitative estimate of drug-likeness (QED) is 0.806. The Morgan fingerprint density at radius 1 is 1.20 bits per heavy atom. The van der Waals surface area contributed by atoms with E-state index in [2.05, 4.69) is 22.3 Å². The number of fused-ring (bicyclic) bond motifs is 1. The van der Waals surface area contributed by atoms with Crippen LogP contribution in [-0.4, -0.2) is 16.2 Å². The van der Waals surface area contributed by atoms with E-state index in [9.17, 15) is 0 Å². The summed E-state index contributed by atoms with van der Waals surface area (Å²) < 4.78 is 0. The summed E-state index contributed by atoms with van der Waals surface area (Å²) in [5, 5.41) is 10.7. The second-order valence-electron chi connectivity index (χ2n) is 3.96. The topological polar surface area (TPSA) is 51.8 Å². The molecule has 1 heterocycles. The lowest BCUT2D eigenvalue weighted by molar-refractivity contribution is 0.714. The average molecular weight is 201 g/mol. The monoisotopic (exact) mass is 201 g/mol. The molecular weight excluding hydrogens is 186 g/mol. The summed E-state index contributed by atoms with van der Waals surface area (Å²) in [4.78, 5) is 0. The highest BCUT2D eigenvalue weighted by Crippen LogP contribution is 2.19. The van der Waals surface area contributed by atoms with Gasteiger partial charge in [0.1, 0.15) is 0 Å². The molecule has 0 saturated heterocycles. The average Bonchev–Trinajstić information content (AvgIpc) is 2.22. The zero-order valence-corrected chi connectivity index (χ0v) is 9.07. The normalized spacial score (nSPS) is 13.0. The summed E-state index contributed by atoms with van der Waals surface area (Å²) in [6.45, 7) is 3.96. The van der Waals surface area contributed by atoms with Crippen molar-refractivity contribution in [2.75, 3.05) is 0 Å².